The summed E-state index contributed by atoms with van der Waals surface area (Å²) in [6.07, 6.45) is 15.3. The van der Waals surface area contributed by atoms with Gasteiger partial charge in [-0.15, -0.1) is 5.92 Å². The van der Waals surface area contributed by atoms with Crippen LogP contribution in [0.25, 0.3) is 76.5 Å². The van der Waals surface area contributed by atoms with E-state index in [1.54, 1.807) is 0 Å². The summed E-state index contributed by atoms with van der Waals surface area (Å²) in [5, 5.41) is 9.78. The van der Waals surface area contributed by atoms with Gasteiger partial charge in [-0.1, -0.05) is 147 Å². The molecule has 9 rings (SSSR count). The summed E-state index contributed by atoms with van der Waals surface area (Å²) in [5.41, 5.74) is 12.7. The van der Waals surface area contributed by atoms with E-state index in [9.17, 15) is 0 Å². The van der Waals surface area contributed by atoms with E-state index in [-0.39, 0.29) is 6.04 Å². The van der Waals surface area contributed by atoms with Crippen molar-refractivity contribution in [3.8, 4) is 34.1 Å². The number of aryl methyl sites for hydroxylation is 1. The second-order valence-corrected chi connectivity index (χ2v) is 15.2. The molecule has 2 unspecified atom stereocenters. The molecule has 1 heterocycles. The van der Waals surface area contributed by atoms with Crippen LogP contribution in [-0.4, -0.2) is 5.71 Å². The first-order chi connectivity index (χ1) is 27.5. The summed E-state index contributed by atoms with van der Waals surface area (Å²) in [5.74, 6) is 7.11. The molecule has 0 saturated heterocycles. The number of hydrogen-bond acceptors (Lipinski definition) is 2. The summed E-state index contributed by atoms with van der Waals surface area (Å²) in [7, 11) is 0. The second kappa shape index (κ2) is 14.8. The number of nitrogens with zero attached hydrogens (tertiary/aromatic N) is 1. The molecule has 0 bridgehead atoms. The molecule has 0 spiro atoms. The van der Waals surface area contributed by atoms with Crippen molar-refractivity contribution >= 4 is 60.0 Å². The van der Waals surface area contributed by atoms with E-state index < -0.39 is 0 Å². The van der Waals surface area contributed by atoms with Gasteiger partial charge >= 0.3 is 0 Å². The summed E-state index contributed by atoms with van der Waals surface area (Å²) in [4.78, 5) is 5.53. The summed E-state index contributed by atoms with van der Waals surface area (Å²) in [6.45, 7) is 10.8. The van der Waals surface area contributed by atoms with Crippen LogP contribution in [-0.2, 0) is 6.42 Å². The Morgan fingerprint density at radius 1 is 0.768 bits per heavy atom. The lowest BCUT2D eigenvalue weighted by Gasteiger charge is -2.23. The maximum atomic E-state index is 7.18. The third-order valence-corrected chi connectivity index (χ3v) is 11.9. The van der Waals surface area contributed by atoms with Crippen LogP contribution < -0.4 is 0 Å². The van der Waals surface area contributed by atoms with Gasteiger partial charge in [0.2, 0.25) is 0 Å². The van der Waals surface area contributed by atoms with Crippen LogP contribution >= 0.6 is 0 Å². The molecule has 0 amide bonds. The van der Waals surface area contributed by atoms with E-state index in [2.05, 4.69) is 173 Å². The van der Waals surface area contributed by atoms with Gasteiger partial charge in [-0.05, 0) is 130 Å². The third-order valence-electron chi connectivity index (χ3n) is 11.9. The largest absolute Gasteiger partial charge is 0.455 e. The predicted octanol–water partition coefficient (Wildman–Crippen LogP) is 15.1. The Balaban J connectivity index is 1.42. The Bertz CT molecular complexity index is 2990. The van der Waals surface area contributed by atoms with Crippen LogP contribution in [0.15, 0.2) is 148 Å². The van der Waals surface area contributed by atoms with Crippen molar-refractivity contribution in [3.63, 3.8) is 0 Å². The molecule has 2 nitrogen and oxygen atoms in total. The molecular weight excluding hydrogens is 679 g/mol. The van der Waals surface area contributed by atoms with Crippen LogP contribution in [0.1, 0.15) is 69.7 Å². The average molecular weight is 726 g/mol. The highest BCUT2D eigenvalue weighted by Gasteiger charge is 2.29. The lowest BCUT2D eigenvalue weighted by atomic mass is 9.80. The van der Waals surface area contributed by atoms with Crippen molar-refractivity contribution in [1.82, 2.24) is 0 Å². The van der Waals surface area contributed by atoms with Crippen molar-refractivity contribution in [2.75, 3.05) is 0 Å². The molecule has 1 aliphatic carbocycles. The number of allylic oxidation sites excluding steroid dienone is 6. The van der Waals surface area contributed by atoms with Crippen molar-refractivity contribution in [3.05, 3.63) is 156 Å². The fourth-order valence-corrected chi connectivity index (χ4v) is 9.13. The van der Waals surface area contributed by atoms with Gasteiger partial charge in [0.1, 0.15) is 17.2 Å². The van der Waals surface area contributed by atoms with Crippen LogP contribution in [0.2, 0.25) is 0 Å². The first-order valence-corrected chi connectivity index (χ1v) is 20.2. The minimum Gasteiger partial charge on any atom is -0.455 e. The molecule has 0 saturated carbocycles. The molecule has 0 N–H and O–H groups in total. The molecule has 2 heteroatoms. The van der Waals surface area contributed by atoms with Gasteiger partial charge in [-0.3, -0.25) is 4.99 Å². The SMILES string of the molecule is CC#CC(N=C(C1=CCCC=C1)C(C)CC)c1ccc(-c2c(-c3ccccc3C)c(C/C=C/C)c3c4ccccc4c4cccc5oc2c3c54)c2ccccc12. The van der Waals surface area contributed by atoms with E-state index in [0.717, 1.165) is 64.6 Å². The maximum absolute atomic E-state index is 7.18. The number of fused-ring (bicyclic) bond motifs is 4. The fraction of sp³-hybridized carbons (Fsp3) is 0.204. The van der Waals surface area contributed by atoms with Gasteiger partial charge in [0, 0.05) is 22.0 Å². The van der Waals surface area contributed by atoms with Crippen molar-refractivity contribution in [2.45, 2.75) is 66.3 Å². The van der Waals surface area contributed by atoms with Crippen LogP contribution in [0.5, 0.6) is 0 Å². The lowest BCUT2D eigenvalue weighted by molar-refractivity contribution is 0.670. The molecular formula is C54H47NO. The molecule has 2 atom stereocenters. The number of benzene rings is 7. The average Bonchev–Trinajstić information content (AvgIpc) is 3.63. The van der Waals surface area contributed by atoms with Gasteiger partial charge in [0.25, 0.3) is 0 Å². The molecule has 0 fully saturated rings. The van der Waals surface area contributed by atoms with E-state index in [1.807, 2.05) is 6.92 Å². The van der Waals surface area contributed by atoms with E-state index in [4.69, 9.17) is 9.41 Å². The number of hydrogen-bond donors (Lipinski definition) is 0. The number of rotatable bonds is 9. The van der Waals surface area contributed by atoms with Gasteiger partial charge in [0.15, 0.2) is 0 Å². The summed E-state index contributed by atoms with van der Waals surface area (Å²) >= 11 is 0. The maximum Gasteiger partial charge on any atom is 0.144 e. The normalized spacial score (nSPS) is 14.7. The Morgan fingerprint density at radius 2 is 1.50 bits per heavy atom. The van der Waals surface area contributed by atoms with E-state index in [0.29, 0.717) is 5.92 Å². The van der Waals surface area contributed by atoms with Crippen LogP contribution in [0, 0.1) is 24.7 Å². The zero-order valence-electron chi connectivity index (χ0n) is 33.0. The summed E-state index contributed by atoms with van der Waals surface area (Å²) < 4.78 is 7.18. The highest BCUT2D eigenvalue weighted by Crippen LogP contribution is 2.53. The molecule has 1 aliphatic rings. The standard InChI is InChI=1S/C54H47NO/c1-6-9-24-45-48(37-25-14-13-21-35(37)5)51(54-52-49(45)42-29-18-17-28-40(42)43-30-19-31-47(56-54)50(43)52)44-33-32-41(38-26-15-16-27-39(38)44)46(20-7-2)55-53(34(4)8-3)36-22-11-10-12-23-36/h6,9,11,13-19,21-23,25-34,46H,8,10,12,24H2,1-5H3/b9-6+,55-53?. The van der Waals surface area contributed by atoms with Crippen molar-refractivity contribution < 1.29 is 4.42 Å². The topological polar surface area (TPSA) is 25.5 Å². The highest BCUT2D eigenvalue weighted by atomic mass is 16.3. The van der Waals surface area contributed by atoms with Crippen LogP contribution in [0.3, 0.4) is 0 Å². The summed E-state index contributed by atoms with van der Waals surface area (Å²) in [6, 6.07) is 37.4. The van der Waals surface area contributed by atoms with Gasteiger partial charge in [-0.25, -0.2) is 0 Å². The molecule has 8 aromatic rings. The zero-order chi connectivity index (χ0) is 38.3. The quantitative estimate of drug-likeness (QED) is 0.0629. The van der Waals surface area contributed by atoms with Gasteiger partial charge in [0.05, 0.1) is 0 Å². The van der Waals surface area contributed by atoms with Gasteiger partial charge in [-0.2, -0.15) is 0 Å². The molecule has 0 radical (unpaired) electrons. The fourth-order valence-electron chi connectivity index (χ4n) is 9.13. The van der Waals surface area contributed by atoms with Gasteiger partial charge < -0.3 is 4.42 Å². The zero-order valence-corrected chi connectivity index (χ0v) is 33.0. The first kappa shape index (κ1) is 35.5. The second-order valence-electron chi connectivity index (χ2n) is 15.2. The smallest absolute Gasteiger partial charge is 0.144 e. The van der Waals surface area contributed by atoms with E-state index >= 15 is 0 Å². The number of aliphatic imine (C=N–C) groups is 1. The molecule has 7 aromatic carbocycles. The van der Waals surface area contributed by atoms with Crippen molar-refractivity contribution in [1.29, 1.82) is 0 Å². The molecule has 274 valence electrons. The predicted molar refractivity (Wildman–Crippen MR) is 241 cm³/mol. The molecule has 0 aliphatic heterocycles. The minimum atomic E-state index is -0.307. The molecule has 1 aromatic heterocycles. The Labute approximate surface area is 330 Å². The third kappa shape index (κ3) is 5.77. The minimum absolute atomic E-state index is 0.307. The lowest BCUT2D eigenvalue weighted by Crippen LogP contribution is -2.15. The highest BCUT2D eigenvalue weighted by molar-refractivity contribution is 6.36. The number of furan rings is 1. The monoisotopic (exact) mass is 725 g/mol. The Kier molecular flexibility index (Phi) is 9.40. The first-order valence-electron chi connectivity index (χ1n) is 20.2. The molecule has 56 heavy (non-hydrogen) atoms. The van der Waals surface area contributed by atoms with Crippen molar-refractivity contribution in [2.24, 2.45) is 10.9 Å². The Morgan fingerprint density at radius 3 is 2.25 bits per heavy atom. The van der Waals surface area contributed by atoms with Crippen LogP contribution in [0.4, 0.5) is 0 Å². The Hall–Kier alpha value is -6.17. The van der Waals surface area contributed by atoms with E-state index in [1.165, 1.54) is 65.5 Å².